The highest BCUT2D eigenvalue weighted by Crippen LogP contribution is 2.21. The maximum atomic E-state index is 5.86. The maximum Gasteiger partial charge on any atom is 0.253 e. The van der Waals surface area contributed by atoms with Crippen molar-refractivity contribution in [3.8, 4) is 11.6 Å². The Labute approximate surface area is 105 Å². The molecule has 4 nitrogen and oxygen atoms in total. The first kappa shape index (κ1) is 10.7. The zero-order chi connectivity index (χ0) is 10.8. The van der Waals surface area contributed by atoms with E-state index in [1.165, 1.54) is 0 Å². The van der Waals surface area contributed by atoms with Crippen LogP contribution in [0.5, 0.6) is 5.88 Å². The number of aromatic nitrogens is 3. The van der Waals surface area contributed by atoms with Gasteiger partial charge in [-0.15, -0.1) is 0 Å². The van der Waals surface area contributed by atoms with Crippen molar-refractivity contribution in [3.05, 3.63) is 33.0 Å². The zero-order valence-corrected chi connectivity index (χ0v) is 10.7. The van der Waals surface area contributed by atoms with Crippen molar-refractivity contribution in [2.24, 2.45) is 0 Å². The molecule has 0 aliphatic heterocycles. The van der Waals surface area contributed by atoms with Gasteiger partial charge in [-0.1, -0.05) is 21.9 Å². The lowest BCUT2D eigenvalue weighted by Crippen LogP contribution is -1.97. The van der Waals surface area contributed by atoms with Gasteiger partial charge in [-0.25, -0.2) is 4.68 Å². The molecule has 0 aliphatic rings. The number of halogens is 2. The van der Waals surface area contributed by atoms with Gasteiger partial charge in [0.05, 0.1) is 19.0 Å². The minimum Gasteiger partial charge on any atom is -0.479 e. The number of ether oxygens (including phenoxy) is 1. The Morgan fingerprint density at radius 2 is 2.27 bits per heavy atom. The van der Waals surface area contributed by atoms with Crippen LogP contribution in [0.3, 0.4) is 0 Å². The van der Waals surface area contributed by atoms with Crippen LogP contribution in [-0.4, -0.2) is 22.1 Å². The molecule has 0 saturated carbocycles. The maximum absolute atomic E-state index is 5.86. The van der Waals surface area contributed by atoms with Gasteiger partial charge in [0.25, 0.3) is 5.88 Å². The number of nitrogens with zero attached hydrogens (tertiary/aromatic N) is 3. The largest absolute Gasteiger partial charge is 0.479 e. The van der Waals surface area contributed by atoms with Crippen LogP contribution in [0.25, 0.3) is 5.69 Å². The van der Waals surface area contributed by atoms with Gasteiger partial charge in [-0.05, 0) is 40.8 Å². The highest BCUT2D eigenvalue weighted by atomic mass is 127. The van der Waals surface area contributed by atoms with Crippen LogP contribution in [0, 0.1) is 3.57 Å². The van der Waals surface area contributed by atoms with E-state index >= 15 is 0 Å². The average Bonchev–Trinajstić information content (AvgIpc) is 2.66. The normalized spacial score (nSPS) is 10.3. The van der Waals surface area contributed by atoms with Crippen LogP contribution < -0.4 is 4.74 Å². The van der Waals surface area contributed by atoms with Crippen LogP contribution in [0.2, 0.25) is 5.02 Å². The fourth-order valence-corrected chi connectivity index (χ4v) is 2.25. The Bertz CT molecular complexity index is 486. The van der Waals surface area contributed by atoms with Crippen LogP contribution >= 0.6 is 34.2 Å². The molecule has 1 heterocycles. The first-order valence-electron chi connectivity index (χ1n) is 4.12. The van der Waals surface area contributed by atoms with E-state index in [0.717, 1.165) is 9.26 Å². The lowest BCUT2D eigenvalue weighted by Gasteiger charge is -2.02. The smallest absolute Gasteiger partial charge is 0.253 e. The molecule has 78 valence electrons. The van der Waals surface area contributed by atoms with Crippen molar-refractivity contribution in [3.63, 3.8) is 0 Å². The Kier molecular flexibility index (Phi) is 3.11. The third-order valence-electron chi connectivity index (χ3n) is 1.84. The lowest BCUT2D eigenvalue weighted by molar-refractivity contribution is 0.397. The van der Waals surface area contributed by atoms with E-state index < -0.39 is 0 Å². The van der Waals surface area contributed by atoms with Crippen molar-refractivity contribution >= 4 is 34.2 Å². The summed E-state index contributed by atoms with van der Waals surface area (Å²) in [5, 5.41) is 8.47. The molecule has 0 unspecified atom stereocenters. The molecule has 1 aromatic heterocycles. The average molecular weight is 336 g/mol. The molecule has 0 amide bonds. The number of hydrogen-bond acceptors (Lipinski definition) is 3. The summed E-state index contributed by atoms with van der Waals surface area (Å²) in [4.78, 5) is 0. The summed E-state index contributed by atoms with van der Waals surface area (Å²) < 4.78 is 7.61. The second-order valence-electron chi connectivity index (χ2n) is 2.80. The van der Waals surface area contributed by atoms with Crippen LogP contribution in [0.4, 0.5) is 0 Å². The molecule has 6 heteroatoms. The molecule has 0 N–H and O–H groups in total. The van der Waals surface area contributed by atoms with Gasteiger partial charge in [0, 0.05) is 8.59 Å². The standard InChI is InChI=1S/C9H7ClIN3O/c1-15-9-5-14(13-12-9)8-3-2-6(10)4-7(8)11/h2-5H,1H3. The summed E-state index contributed by atoms with van der Waals surface area (Å²) in [5.74, 6) is 0.487. The SMILES string of the molecule is COc1cn(-c2ccc(Cl)cc2I)nn1. The predicted octanol–water partition coefficient (Wildman–Crippen LogP) is 2.53. The summed E-state index contributed by atoms with van der Waals surface area (Å²) in [6, 6.07) is 5.57. The van der Waals surface area contributed by atoms with E-state index in [0.29, 0.717) is 10.9 Å². The van der Waals surface area contributed by atoms with Gasteiger partial charge in [-0.2, -0.15) is 0 Å². The van der Waals surface area contributed by atoms with E-state index in [4.69, 9.17) is 16.3 Å². The molecule has 0 spiro atoms. The van der Waals surface area contributed by atoms with Gasteiger partial charge in [0.15, 0.2) is 0 Å². The van der Waals surface area contributed by atoms with Crippen LogP contribution in [0.15, 0.2) is 24.4 Å². The van der Waals surface area contributed by atoms with Gasteiger partial charge >= 0.3 is 0 Å². The molecule has 0 fully saturated rings. The fourth-order valence-electron chi connectivity index (χ4n) is 1.13. The highest BCUT2D eigenvalue weighted by molar-refractivity contribution is 14.1. The van der Waals surface area contributed by atoms with E-state index in [2.05, 4.69) is 32.9 Å². The molecular weight excluding hydrogens is 328 g/mol. The molecule has 2 aromatic rings. The Hall–Kier alpha value is -0.820. The first-order chi connectivity index (χ1) is 7.20. The second-order valence-corrected chi connectivity index (χ2v) is 4.40. The molecule has 1 aromatic carbocycles. The van der Waals surface area contributed by atoms with Crippen molar-refractivity contribution in [2.45, 2.75) is 0 Å². The first-order valence-corrected chi connectivity index (χ1v) is 5.58. The summed E-state index contributed by atoms with van der Waals surface area (Å²) in [7, 11) is 1.56. The second kappa shape index (κ2) is 4.36. The van der Waals surface area contributed by atoms with E-state index in [9.17, 15) is 0 Å². The van der Waals surface area contributed by atoms with Gasteiger partial charge < -0.3 is 4.74 Å². The van der Waals surface area contributed by atoms with Crippen molar-refractivity contribution in [1.29, 1.82) is 0 Å². The molecule has 0 aliphatic carbocycles. The van der Waals surface area contributed by atoms with E-state index in [-0.39, 0.29) is 0 Å². The molecule has 0 atom stereocenters. The third kappa shape index (κ3) is 2.23. The Morgan fingerprint density at radius 3 is 2.87 bits per heavy atom. The predicted molar refractivity (Wildman–Crippen MR) is 65.6 cm³/mol. The van der Waals surface area contributed by atoms with Gasteiger partial charge in [-0.3, -0.25) is 0 Å². The summed E-state index contributed by atoms with van der Waals surface area (Å²) in [6.07, 6.45) is 1.71. The van der Waals surface area contributed by atoms with Crippen molar-refractivity contribution in [1.82, 2.24) is 15.0 Å². The topological polar surface area (TPSA) is 39.9 Å². The quantitative estimate of drug-likeness (QED) is 0.792. The minimum atomic E-state index is 0.487. The minimum absolute atomic E-state index is 0.487. The fraction of sp³-hybridized carbons (Fsp3) is 0.111. The van der Waals surface area contributed by atoms with E-state index in [1.54, 1.807) is 18.0 Å². The van der Waals surface area contributed by atoms with Gasteiger partial charge in [0.2, 0.25) is 0 Å². The molecule has 0 saturated heterocycles. The van der Waals surface area contributed by atoms with Crippen LogP contribution in [0.1, 0.15) is 0 Å². The monoisotopic (exact) mass is 335 g/mol. The van der Waals surface area contributed by atoms with E-state index in [1.807, 2.05) is 18.2 Å². The molecular formula is C9H7ClIN3O. The summed E-state index contributed by atoms with van der Waals surface area (Å²) in [6.45, 7) is 0. The Morgan fingerprint density at radius 1 is 1.47 bits per heavy atom. The number of methoxy groups -OCH3 is 1. The van der Waals surface area contributed by atoms with Crippen molar-refractivity contribution in [2.75, 3.05) is 7.11 Å². The number of hydrogen-bond donors (Lipinski definition) is 0. The van der Waals surface area contributed by atoms with Gasteiger partial charge in [0.1, 0.15) is 0 Å². The highest BCUT2D eigenvalue weighted by Gasteiger charge is 2.06. The molecule has 2 rings (SSSR count). The Balaban J connectivity index is 2.44. The lowest BCUT2D eigenvalue weighted by atomic mass is 10.3. The number of benzene rings is 1. The molecule has 0 bridgehead atoms. The zero-order valence-electron chi connectivity index (χ0n) is 7.82. The summed E-state index contributed by atoms with van der Waals surface area (Å²) >= 11 is 8.06. The molecule has 0 radical (unpaired) electrons. The third-order valence-corrected chi connectivity index (χ3v) is 2.94. The number of rotatable bonds is 2. The molecule has 15 heavy (non-hydrogen) atoms. The van der Waals surface area contributed by atoms with Crippen molar-refractivity contribution < 1.29 is 4.74 Å². The van der Waals surface area contributed by atoms with Crippen LogP contribution in [-0.2, 0) is 0 Å². The summed E-state index contributed by atoms with van der Waals surface area (Å²) in [5.41, 5.74) is 0.927.